The topological polar surface area (TPSA) is 47.8 Å². The van der Waals surface area contributed by atoms with E-state index in [1.54, 1.807) is 17.1 Å². The van der Waals surface area contributed by atoms with Crippen molar-refractivity contribution >= 4 is 17.6 Å². The van der Waals surface area contributed by atoms with Gasteiger partial charge < -0.3 is 0 Å². The molecule has 4 nitrogen and oxygen atoms in total. The Labute approximate surface area is 91.6 Å². The molecule has 0 saturated carbocycles. The van der Waals surface area contributed by atoms with Gasteiger partial charge in [-0.15, -0.1) is 11.3 Å². The highest BCUT2D eigenvalue weighted by Gasteiger charge is 2.13. The van der Waals surface area contributed by atoms with Gasteiger partial charge in [-0.25, -0.2) is 4.98 Å². The van der Waals surface area contributed by atoms with Crippen LogP contribution in [-0.4, -0.2) is 21.1 Å². The fraction of sp³-hybridized carbons (Fsp3) is 0.300. The third kappa shape index (κ3) is 1.83. The number of aldehydes is 1. The molecule has 0 aliphatic rings. The van der Waals surface area contributed by atoms with Gasteiger partial charge in [0.25, 0.3) is 0 Å². The van der Waals surface area contributed by atoms with Crippen molar-refractivity contribution in [2.24, 2.45) is 0 Å². The van der Waals surface area contributed by atoms with Crippen LogP contribution in [0.25, 0.3) is 10.7 Å². The van der Waals surface area contributed by atoms with E-state index in [-0.39, 0.29) is 6.04 Å². The average Bonchev–Trinajstić information content (AvgIpc) is 2.86. The number of carbonyl (C=O) groups excluding carboxylic acids is 1. The SMILES string of the molecule is CC(C)n1cc(C=O)c(-c2nccs2)n1. The molecule has 15 heavy (non-hydrogen) atoms. The van der Waals surface area contributed by atoms with E-state index in [1.165, 1.54) is 11.3 Å². The van der Waals surface area contributed by atoms with Crippen LogP contribution >= 0.6 is 11.3 Å². The highest BCUT2D eigenvalue weighted by molar-refractivity contribution is 7.13. The summed E-state index contributed by atoms with van der Waals surface area (Å²) in [4.78, 5) is 15.0. The third-order valence-electron chi connectivity index (χ3n) is 2.05. The van der Waals surface area contributed by atoms with Crippen molar-refractivity contribution in [3.8, 4) is 10.7 Å². The molecule has 0 atom stereocenters. The van der Waals surface area contributed by atoms with Gasteiger partial charge in [-0.2, -0.15) is 5.10 Å². The van der Waals surface area contributed by atoms with E-state index in [1.807, 2.05) is 19.2 Å². The van der Waals surface area contributed by atoms with Crippen LogP contribution in [0.1, 0.15) is 30.2 Å². The number of carbonyl (C=O) groups is 1. The summed E-state index contributed by atoms with van der Waals surface area (Å²) in [6, 6.07) is 0.248. The van der Waals surface area contributed by atoms with Gasteiger partial charge in [-0.1, -0.05) is 0 Å². The molecule has 0 amide bonds. The fourth-order valence-corrected chi connectivity index (χ4v) is 1.91. The fourth-order valence-electron chi connectivity index (χ4n) is 1.26. The molecule has 0 unspecified atom stereocenters. The van der Waals surface area contributed by atoms with Gasteiger partial charge in [-0.05, 0) is 13.8 Å². The summed E-state index contributed by atoms with van der Waals surface area (Å²) in [5, 5.41) is 7.02. The number of aromatic nitrogens is 3. The van der Waals surface area contributed by atoms with Crippen LogP contribution in [0, 0.1) is 0 Å². The second-order valence-electron chi connectivity index (χ2n) is 3.46. The van der Waals surface area contributed by atoms with Gasteiger partial charge in [0.2, 0.25) is 0 Å². The van der Waals surface area contributed by atoms with Crippen molar-refractivity contribution in [1.82, 2.24) is 14.8 Å². The molecule has 0 N–H and O–H groups in total. The van der Waals surface area contributed by atoms with Gasteiger partial charge in [0.1, 0.15) is 10.7 Å². The van der Waals surface area contributed by atoms with Crippen molar-refractivity contribution < 1.29 is 4.79 Å². The van der Waals surface area contributed by atoms with Crippen LogP contribution in [0.4, 0.5) is 0 Å². The Morgan fingerprint density at radius 1 is 1.53 bits per heavy atom. The predicted octanol–water partition coefficient (Wildman–Crippen LogP) is 2.40. The van der Waals surface area contributed by atoms with E-state index < -0.39 is 0 Å². The minimum atomic E-state index is 0.248. The standard InChI is InChI=1S/C10H11N3OS/c1-7(2)13-5-8(6-14)9(12-13)10-11-3-4-15-10/h3-7H,1-2H3. The van der Waals surface area contributed by atoms with Crippen LogP contribution in [0.15, 0.2) is 17.8 Å². The quantitative estimate of drug-likeness (QED) is 0.748. The first-order valence-corrected chi connectivity index (χ1v) is 5.54. The lowest BCUT2D eigenvalue weighted by atomic mass is 10.3. The molecular formula is C10H11N3OS. The van der Waals surface area contributed by atoms with Gasteiger partial charge in [-0.3, -0.25) is 9.48 Å². The molecule has 0 spiro atoms. The van der Waals surface area contributed by atoms with Crippen LogP contribution in [-0.2, 0) is 0 Å². The highest BCUT2D eigenvalue weighted by Crippen LogP contribution is 2.23. The minimum absolute atomic E-state index is 0.248. The van der Waals surface area contributed by atoms with E-state index >= 15 is 0 Å². The lowest BCUT2D eigenvalue weighted by molar-refractivity contribution is 0.112. The lowest BCUT2D eigenvalue weighted by Crippen LogP contribution is -2.00. The molecule has 0 aromatic carbocycles. The Hall–Kier alpha value is -1.49. The molecule has 2 heterocycles. The molecule has 2 aromatic heterocycles. The largest absolute Gasteiger partial charge is 0.298 e. The monoisotopic (exact) mass is 221 g/mol. The maximum atomic E-state index is 10.9. The predicted molar refractivity (Wildman–Crippen MR) is 59.1 cm³/mol. The van der Waals surface area contributed by atoms with Crippen molar-refractivity contribution in [3.63, 3.8) is 0 Å². The summed E-state index contributed by atoms with van der Waals surface area (Å²) in [6.45, 7) is 4.04. The summed E-state index contributed by atoms with van der Waals surface area (Å²) in [6.07, 6.45) is 4.29. The zero-order chi connectivity index (χ0) is 10.8. The molecule has 78 valence electrons. The Morgan fingerprint density at radius 3 is 2.87 bits per heavy atom. The van der Waals surface area contributed by atoms with E-state index in [2.05, 4.69) is 10.1 Å². The molecule has 5 heteroatoms. The number of hydrogen-bond acceptors (Lipinski definition) is 4. The third-order valence-corrected chi connectivity index (χ3v) is 2.83. The first-order valence-electron chi connectivity index (χ1n) is 4.66. The normalized spacial score (nSPS) is 10.9. The molecule has 0 aliphatic carbocycles. The highest BCUT2D eigenvalue weighted by atomic mass is 32.1. The summed E-state index contributed by atoms with van der Waals surface area (Å²) < 4.78 is 1.78. The zero-order valence-corrected chi connectivity index (χ0v) is 9.36. The number of thiazole rings is 1. The Bertz CT molecular complexity index is 459. The number of nitrogens with zero attached hydrogens (tertiary/aromatic N) is 3. The lowest BCUT2D eigenvalue weighted by Gasteiger charge is -2.02. The van der Waals surface area contributed by atoms with Crippen molar-refractivity contribution in [2.75, 3.05) is 0 Å². The minimum Gasteiger partial charge on any atom is -0.298 e. The van der Waals surface area contributed by atoms with Gasteiger partial charge in [0.15, 0.2) is 6.29 Å². The van der Waals surface area contributed by atoms with Gasteiger partial charge in [0.05, 0.1) is 5.56 Å². The molecule has 2 aromatic rings. The summed E-state index contributed by atoms with van der Waals surface area (Å²) >= 11 is 1.48. The second-order valence-corrected chi connectivity index (χ2v) is 4.36. The van der Waals surface area contributed by atoms with Crippen LogP contribution in [0.3, 0.4) is 0 Å². The van der Waals surface area contributed by atoms with Gasteiger partial charge >= 0.3 is 0 Å². The van der Waals surface area contributed by atoms with Gasteiger partial charge in [0, 0.05) is 23.8 Å². The number of hydrogen-bond donors (Lipinski definition) is 0. The Balaban J connectivity index is 2.51. The maximum Gasteiger partial charge on any atom is 0.153 e. The summed E-state index contributed by atoms with van der Waals surface area (Å²) in [7, 11) is 0. The van der Waals surface area contributed by atoms with Crippen molar-refractivity contribution in [1.29, 1.82) is 0 Å². The maximum absolute atomic E-state index is 10.9. The molecule has 0 bridgehead atoms. The Kier molecular flexibility index (Phi) is 2.64. The zero-order valence-electron chi connectivity index (χ0n) is 8.54. The molecule has 0 saturated heterocycles. The van der Waals surface area contributed by atoms with Crippen LogP contribution < -0.4 is 0 Å². The molecular weight excluding hydrogens is 210 g/mol. The molecule has 0 fully saturated rings. The smallest absolute Gasteiger partial charge is 0.153 e. The molecule has 2 rings (SSSR count). The van der Waals surface area contributed by atoms with Crippen LogP contribution in [0.2, 0.25) is 0 Å². The summed E-state index contributed by atoms with van der Waals surface area (Å²) in [5.74, 6) is 0. The molecule has 0 aliphatic heterocycles. The van der Waals surface area contributed by atoms with E-state index in [0.29, 0.717) is 11.3 Å². The van der Waals surface area contributed by atoms with E-state index in [4.69, 9.17) is 0 Å². The van der Waals surface area contributed by atoms with Crippen molar-refractivity contribution in [3.05, 3.63) is 23.3 Å². The first-order chi connectivity index (χ1) is 7.22. The van der Waals surface area contributed by atoms with Crippen molar-refractivity contribution in [2.45, 2.75) is 19.9 Å². The summed E-state index contributed by atoms with van der Waals surface area (Å²) in [5.41, 5.74) is 1.27. The molecule has 0 radical (unpaired) electrons. The first kappa shape index (κ1) is 10.0. The number of rotatable bonds is 3. The Morgan fingerprint density at radius 2 is 2.33 bits per heavy atom. The van der Waals surface area contributed by atoms with E-state index in [0.717, 1.165) is 11.3 Å². The van der Waals surface area contributed by atoms with Crippen LogP contribution in [0.5, 0.6) is 0 Å². The average molecular weight is 221 g/mol. The second kappa shape index (κ2) is 3.94. The van der Waals surface area contributed by atoms with E-state index in [9.17, 15) is 4.79 Å².